The molecule has 0 fully saturated rings. The van der Waals surface area contributed by atoms with Gasteiger partial charge in [-0.15, -0.1) is 10.6 Å². The molecule has 25 heavy (non-hydrogen) atoms. The maximum atomic E-state index is 5.87. The molecule has 0 spiro atoms. The third kappa shape index (κ3) is 7.88. The molecule has 0 saturated carbocycles. The van der Waals surface area contributed by atoms with Crippen molar-refractivity contribution in [1.29, 1.82) is 0 Å². The molecule has 0 aliphatic heterocycles. The van der Waals surface area contributed by atoms with Crippen LogP contribution in [-0.4, -0.2) is 19.5 Å². The summed E-state index contributed by atoms with van der Waals surface area (Å²) >= 11 is 1.48. The van der Waals surface area contributed by atoms with Crippen LogP contribution in [0.25, 0.3) is 0 Å². The fourth-order valence-corrected chi connectivity index (χ4v) is 2.96. The summed E-state index contributed by atoms with van der Waals surface area (Å²) in [6.07, 6.45) is 1.70. The Labute approximate surface area is 155 Å². The van der Waals surface area contributed by atoms with Gasteiger partial charge >= 0.3 is 0 Å². The summed E-state index contributed by atoms with van der Waals surface area (Å²) in [6.45, 7) is 6.71. The molecule has 0 radical (unpaired) electrons. The molecule has 0 aliphatic carbocycles. The van der Waals surface area contributed by atoms with Gasteiger partial charge in [-0.25, -0.2) is 0 Å². The molecule has 2 aromatic carbocycles. The number of amidine groups is 1. The Morgan fingerprint density at radius 2 is 1.76 bits per heavy atom. The fraction of sp³-hybridized carbons (Fsp3) is 0.200. The average Bonchev–Trinajstić information content (AvgIpc) is 2.59. The zero-order chi connectivity index (χ0) is 18.1. The molecule has 0 heterocycles. The van der Waals surface area contributed by atoms with Crippen molar-refractivity contribution in [2.45, 2.75) is 25.4 Å². The quantitative estimate of drug-likeness (QED) is 0.285. The van der Waals surface area contributed by atoms with E-state index in [2.05, 4.69) is 53.4 Å². The van der Waals surface area contributed by atoms with Crippen molar-refractivity contribution in [3.63, 3.8) is 0 Å². The number of hydrogen-bond acceptors (Lipinski definition) is 3. The molecule has 0 atom stereocenters. The minimum absolute atomic E-state index is 0.456. The van der Waals surface area contributed by atoms with E-state index in [4.69, 9.17) is 5.73 Å². The Morgan fingerprint density at radius 3 is 2.40 bits per heavy atom. The van der Waals surface area contributed by atoms with Crippen LogP contribution in [0.4, 0.5) is 0 Å². The molecule has 0 saturated heterocycles. The number of hydrogen-bond donors (Lipinski definition) is 1. The molecule has 0 amide bonds. The molecule has 0 aromatic heterocycles. The summed E-state index contributed by atoms with van der Waals surface area (Å²) in [5.41, 5.74) is 12.4. The van der Waals surface area contributed by atoms with Crippen LogP contribution in [0.5, 0.6) is 0 Å². The van der Waals surface area contributed by atoms with Gasteiger partial charge in [0.15, 0.2) is 5.17 Å². The van der Waals surface area contributed by atoms with Crippen LogP contribution in [-0.2, 0) is 5.75 Å². The highest BCUT2D eigenvalue weighted by Gasteiger charge is 2.07. The van der Waals surface area contributed by atoms with E-state index in [1.807, 2.05) is 42.5 Å². The standard InChI is InChI=1S/C20H23N3SSi/c1-25(2,3)14-13-17-9-11-18(12-10-17)15-22-23-20(21)24-16-19-7-5-4-6-8-19/h4-12,15H,16H2,1-3H3,(H2,21,23). The Hall–Kier alpha value is -2.29. The first kappa shape index (κ1) is 19.0. The number of nitrogens with two attached hydrogens (primary N) is 1. The highest BCUT2D eigenvalue weighted by atomic mass is 32.2. The van der Waals surface area contributed by atoms with E-state index in [0.717, 1.165) is 16.9 Å². The van der Waals surface area contributed by atoms with Gasteiger partial charge in [-0.05, 0) is 23.3 Å². The van der Waals surface area contributed by atoms with Crippen LogP contribution in [0.15, 0.2) is 64.8 Å². The molecule has 2 N–H and O–H groups in total. The van der Waals surface area contributed by atoms with Crippen LogP contribution in [0, 0.1) is 11.5 Å². The van der Waals surface area contributed by atoms with Gasteiger partial charge in [0.1, 0.15) is 8.07 Å². The largest absolute Gasteiger partial charge is 0.377 e. The van der Waals surface area contributed by atoms with E-state index < -0.39 is 8.07 Å². The minimum atomic E-state index is -1.34. The number of rotatable bonds is 4. The van der Waals surface area contributed by atoms with Gasteiger partial charge in [-0.2, -0.15) is 5.10 Å². The Morgan fingerprint density at radius 1 is 1.08 bits per heavy atom. The predicted octanol–water partition coefficient (Wildman–Crippen LogP) is 4.50. The summed E-state index contributed by atoms with van der Waals surface area (Å²) in [5.74, 6) is 4.02. The van der Waals surface area contributed by atoms with Crippen LogP contribution in [0.1, 0.15) is 16.7 Å². The van der Waals surface area contributed by atoms with E-state index in [9.17, 15) is 0 Å². The van der Waals surface area contributed by atoms with Crippen molar-refractivity contribution in [2.24, 2.45) is 15.9 Å². The molecule has 128 valence electrons. The molecule has 5 heteroatoms. The molecule has 0 aliphatic rings. The molecule has 3 nitrogen and oxygen atoms in total. The summed E-state index contributed by atoms with van der Waals surface area (Å²) in [4.78, 5) is 0. The lowest BCUT2D eigenvalue weighted by Gasteiger charge is -2.03. The molecule has 0 unspecified atom stereocenters. The highest BCUT2D eigenvalue weighted by molar-refractivity contribution is 8.13. The molecule has 0 bridgehead atoms. The molecular formula is C20H23N3SSi. The zero-order valence-corrected chi connectivity index (χ0v) is 16.7. The number of benzene rings is 2. The normalized spacial score (nSPS) is 12.0. The van der Waals surface area contributed by atoms with Crippen molar-refractivity contribution in [3.8, 4) is 11.5 Å². The lowest BCUT2D eigenvalue weighted by Crippen LogP contribution is -2.16. The Balaban J connectivity index is 1.89. The van der Waals surface area contributed by atoms with E-state index >= 15 is 0 Å². The van der Waals surface area contributed by atoms with Gasteiger partial charge in [0.25, 0.3) is 0 Å². The highest BCUT2D eigenvalue weighted by Crippen LogP contribution is 2.11. The van der Waals surface area contributed by atoms with Gasteiger partial charge in [-0.3, -0.25) is 0 Å². The SMILES string of the molecule is C[Si](C)(C)C#Cc1ccc(C=NN=C(N)SCc2ccccc2)cc1. The van der Waals surface area contributed by atoms with Crippen molar-refractivity contribution < 1.29 is 0 Å². The Kier molecular flexibility index (Phi) is 7.05. The van der Waals surface area contributed by atoms with Gasteiger partial charge in [0.2, 0.25) is 0 Å². The van der Waals surface area contributed by atoms with Crippen molar-refractivity contribution in [1.82, 2.24) is 0 Å². The number of nitrogens with zero attached hydrogens (tertiary/aromatic N) is 2. The van der Waals surface area contributed by atoms with Gasteiger partial charge in [0.05, 0.1) is 6.21 Å². The van der Waals surface area contributed by atoms with Crippen molar-refractivity contribution >= 4 is 31.2 Å². The lowest BCUT2D eigenvalue weighted by molar-refractivity contribution is 1.25. The second-order valence-corrected chi connectivity index (χ2v) is 12.3. The molecule has 2 aromatic rings. The number of thioether (sulfide) groups is 1. The topological polar surface area (TPSA) is 50.7 Å². The second kappa shape index (κ2) is 9.26. The monoisotopic (exact) mass is 365 g/mol. The summed E-state index contributed by atoms with van der Waals surface area (Å²) in [6, 6.07) is 18.1. The predicted molar refractivity (Wildman–Crippen MR) is 114 cm³/mol. The van der Waals surface area contributed by atoms with E-state index in [-0.39, 0.29) is 0 Å². The van der Waals surface area contributed by atoms with E-state index in [0.29, 0.717) is 5.17 Å². The summed E-state index contributed by atoms with van der Waals surface area (Å²) in [5, 5.41) is 8.54. The van der Waals surface area contributed by atoms with Crippen LogP contribution in [0.2, 0.25) is 19.6 Å². The van der Waals surface area contributed by atoms with E-state index in [1.165, 1.54) is 17.3 Å². The van der Waals surface area contributed by atoms with Crippen molar-refractivity contribution in [3.05, 3.63) is 71.3 Å². The smallest absolute Gasteiger partial charge is 0.180 e. The maximum Gasteiger partial charge on any atom is 0.180 e. The van der Waals surface area contributed by atoms with Crippen molar-refractivity contribution in [2.75, 3.05) is 0 Å². The average molecular weight is 366 g/mol. The first-order valence-corrected chi connectivity index (χ1v) is 12.6. The fourth-order valence-electron chi connectivity index (χ4n) is 1.83. The van der Waals surface area contributed by atoms with Gasteiger partial charge < -0.3 is 5.73 Å². The summed E-state index contributed by atoms with van der Waals surface area (Å²) < 4.78 is 0. The molecule has 2 rings (SSSR count). The lowest BCUT2D eigenvalue weighted by atomic mass is 10.1. The zero-order valence-electron chi connectivity index (χ0n) is 14.9. The third-order valence-electron chi connectivity index (χ3n) is 3.09. The third-order valence-corrected chi connectivity index (χ3v) is 4.82. The second-order valence-electron chi connectivity index (χ2n) is 6.58. The van der Waals surface area contributed by atoms with E-state index in [1.54, 1.807) is 6.21 Å². The van der Waals surface area contributed by atoms with Crippen LogP contribution in [0.3, 0.4) is 0 Å². The summed E-state index contributed by atoms with van der Waals surface area (Å²) in [7, 11) is -1.34. The first-order chi connectivity index (χ1) is 11.9. The Bertz CT molecular complexity index is 795. The van der Waals surface area contributed by atoms with Gasteiger partial charge in [0, 0.05) is 11.3 Å². The maximum absolute atomic E-state index is 5.87. The first-order valence-electron chi connectivity index (χ1n) is 8.09. The molecular weight excluding hydrogens is 342 g/mol. The van der Waals surface area contributed by atoms with Crippen LogP contribution < -0.4 is 5.73 Å². The van der Waals surface area contributed by atoms with Crippen LogP contribution >= 0.6 is 11.8 Å². The van der Waals surface area contributed by atoms with Gasteiger partial charge in [-0.1, -0.05) is 79.8 Å². The minimum Gasteiger partial charge on any atom is -0.377 e.